The van der Waals surface area contributed by atoms with E-state index in [0.717, 1.165) is 19.3 Å². The molecule has 1 fully saturated rings. The minimum absolute atomic E-state index is 0.00105. The van der Waals surface area contributed by atoms with Gasteiger partial charge in [0, 0.05) is 12.1 Å². The van der Waals surface area contributed by atoms with E-state index in [4.69, 9.17) is 0 Å². The summed E-state index contributed by atoms with van der Waals surface area (Å²) >= 11 is 0. The molecule has 108 valence electrons. The molecule has 7 heteroatoms. The number of hydrogen-bond donors (Lipinski definition) is 0. The highest BCUT2D eigenvalue weighted by Gasteiger charge is 2.37. The molecule has 2 heterocycles. The normalized spacial score (nSPS) is 25.1. The molecular weight excluding hydrogens is 278 g/mol. The number of nitrogens with zero attached hydrogens (tertiary/aromatic N) is 3. The maximum Gasteiger partial charge on any atom is 0.245 e. The van der Waals surface area contributed by atoms with Crippen molar-refractivity contribution < 1.29 is 13.0 Å². The summed E-state index contributed by atoms with van der Waals surface area (Å²) in [6, 6.07) is 4.92. The average molecular weight is 295 g/mol. The molecule has 0 bridgehead atoms. The van der Waals surface area contributed by atoms with Crippen LogP contribution in [0.3, 0.4) is 0 Å². The maximum absolute atomic E-state index is 12.9. The second kappa shape index (κ2) is 4.82. The summed E-state index contributed by atoms with van der Waals surface area (Å²) in [4.78, 5) is 0.178. The molecule has 2 atom stereocenters. The van der Waals surface area contributed by atoms with E-state index in [1.807, 2.05) is 13.8 Å². The van der Waals surface area contributed by atoms with Crippen molar-refractivity contribution in [2.45, 2.75) is 50.1 Å². The molecule has 20 heavy (non-hydrogen) atoms. The Labute approximate surface area is 117 Å². The van der Waals surface area contributed by atoms with Crippen molar-refractivity contribution in [3.63, 3.8) is 0 Å². The van der Waals surface area contributed by atoms with Crippen LogP contribution in [0.15, 0.2) is 27.7 Å². The zero-order chi connectivity index (χ0) is 14.3. The largest absolute Gasteiger partial charge is 0.245 e. The lowest BCUT2D eigenvalue weighted by Gasteiger charge is -2.37. The summed E-state index contributed by atoms with van der Waals surface area (Å²) in [6.07, 6.45) is 2.83. The van der Waals surface area contributed by atoms with Gasteiger partial charge in [-0.3, -0.25) is 0 Å². The molecular formula is C13H17N3O3S. The van der Waals surface area contributed by atoms with Crippen LogP contribution in [-0.2, 0) is 10.0 Å². The molecule has 0 radical (unpaired) electrons. The number of hydrogen-bond acceptors (Lipinski definition) is 5. The lowest BCUT2D eigenvalue weighted by atomic mass is 10.0. The summed E-state index contributed by atoms with van der Waals surface area (Å²) in [5.41, 5.74) is 0.765. The lowest BCUT2D eigenvalue weighted by molar-refractivity contribution is 0.204. The van der Waals surface area contributed by atoms with Crippen LogP contribution in [0.5, 0.6) is 0 Å². The van der Waals surface area contributed by atoms with Crippen LogP contribution in [0.1, 0.15) is 33.1 Å². The summed E-state index contributed by atoms with van der Waals surface area (Å²) in [5, 5.41) is 7.44. The van der Waals surface area contributed by atoms with Crippen molar-refractivity contribution in [1.82, 2.24) is 14.6 Å². The minimum Gasteiger partial charge on any atom is -0.243 e. The van der Waals surface area contributed by atoms with E-state index in [-0.39, 0.29) is 17.0 Å². The van der Waals surface area contributed by atoms with E-state index in [1.165, 1.54) is 0 Å². The van der Waals surface area contributed by atoms with Crippen LogP contribution in [0.4, 0.5) is 0 Å². The second-order valence-electron chi connectivity index (χ2n) is 5.35. The fraction of sp³-hybridized carbons (Fsp3) is 0.538. The van der Waals surface area contributed by atoms with Gasteiger partial charge in [0.1, 0.15) is 10.4 Å². The van der Waals surface area contributed by atoms with E-state index in [1.54, 1.807) is 22.5 Å². The predicted octanol–water partition coefficient (Wildman–Crippen LogP) is 2.17. The first-order valence-electron chi connectivity index (χ1n) is 6.76. The van der Waals surface area contributed by atoms with Crippen molar-refractivity contribution in [1.29, 1.82) is 0 Å². The average Bonchev–Trinajstić information content (AvgIpc) is 2.85. The van der Waals surface area contributed by atoms with Gasteiger partial charge in [-0.1, -0.05) is 12.5 Å². The van der Waals surface area contributed by atoms with E-state index >= 15 is 0 Å². The van der Waals surface area contributed by atoms with Crippen molar-refractivity contribution >= 4 is 21.1 Å². The summed E-state index contributed by atoms with van der Waals surface area (Å²) in [5.74, 6) is 0. The summed E-state index contributed by atoms with van der Waals surface area (Å²) in [6.45, 7) is 3.91. The van der Waals surface area contributed by atoms with Gasteiger partial charge in [0.05, 0.1) is 0 Å². The zero-order valence-corrected chi connectivity index (χ0v) is 12.3. The molecule has 2 aromatic rings. The van der Waals surface area contributed by atoms with Gasteiger partial charge in [0.15, 0.2) is 5.52 Å². The van der Waals surface area contributed by atoms with Crippen molar-refractivity contribution in [3.05, 3.63) is 18.2 Å². The highest BCUT2D eigenvalue weighted by Crippen LogP contribution is 2.31. The predicted molar refractivity (Wildman–Crippen MR) is 73.6 cm³/mol. The molecule has 6 nitrogen and oxygen atoms in total. The van der Waals surface area contributed by atoms with E-state index in [0.29, 0.717) is 11.0 Å². The molecule has 0 amide bonds. The Morgan fingerprint density at radius 1 is 1.20 bits per heavy atom. The standard InChI is InChI=1S/C13H17N3O3S/c1-9-5-3-6-10(2)16(9)20(17,18)12-8-4-7-11-13(12)15-19-14-11/h4,7-10H,3,5-6H2,1-2H3. The minimum atomic E-state index is -3.59. The molecule has 1 aromatic carbocycles. The van der Waals surface area contributed by atoms with Gasteiger partial charge < -0.3 is 0 Å². The highest BCUT2D eigenvalue weighted by molar-refractivity contribution is 7.89. The third-order valence-corrected chi connectivity index (χ3v) is 6.08. The van der Waals surface area contributed by atoms with Crippen molar-refractivity contribution in [2.75, 3.05) is 0 Å². The number of aromatic nitrogens is 2. The van der Waals surface area contributed by atoms with Gasteiger partial charge >= 0.3 is 0 Å². The molecule has 1 aromatic heterocycles. The Hall–Kier alpha value is -1.47. The molecule has 2 unspecified atom stereocenters. The first-order valence-corrected chi connectivity index (χ1v) is 8.20. The number of rotatable bonds is 2. The Morgan fingerprint density at radius 2 is 1.90 bits per heavy atom. The van der Waals surface area contributed by atoms with Gasteiger partial charge in [-0.05, 0) is 49.1 Å². The molecule has 0 spiro atoms. The van der Waals surface area contributed by atoms with Crippen LogP contribution in [0.25, 0.3) is 11.0 Å². The van der Waals surface area contributed by atoms with Gasteiger partial charge in [-0.15, -0.1) is 0 Å². The Kier molecular flexibility index (Phi) is 3.25. The number of fused-ring (bicyclic) bond motifs is 1. The number of benzene rings is 1. The van der Waals surface area contributed by atoms with Gasteiger partial charge in [0.25, 0.3) is 0 Å². The fourth-order valence-electron chi connectivity index (χ4n) is 2.97. The monoisotopic (exact) mass is 295 g/mol. The Morgan fingerprint density at radius 3 is 2.60 bits per heavy atom. The molecule has 0 aliphatic carbocycles. The smallest absolute Gasteiger partial charge is 0.243 e. The molecule has 3 rings (SSSR count). The number of piperidine rings is 1. The molecule has 1 aliphatic heterocycles. The molecule has 1 saturated heterocycles. The van der Waals surface area contributed by atoms with Gasteiger partial charge in [-0.25, -0.2) is 13.0 Å². The van der Waals surface area contributed by atoms with E-state index in [9.17, 15) is 8.42 Å². The first-order chi connectivity index (χ1) is 9.51. The Balaban J connectivity index is 2.14. The Bertz CT molecular complexity index is 715. The quantitative estimate of drug-likeness (QED) is 0.848. The highest BCUT2D eigenvalue weighted by atomic mass is 32.2. The SMILES string of the molecule is CC1CCCC(C)N1S(=O)(=O)c1cccc2nonc12. The van der Waals surface area contributed by atoms with Crippen LogP contribution < -0.4 is 0 Å². The zero-order valence-electron chi connectivity index (χ0n) is 11.5. The third-order valence-electron chi connectivity index (χ3n) is 3.92. The molecule has 1 aliphatic rings. The summed E-state index contributed by atoms with van der Waals surface area (Å²) < 4.78 is 32.1. The number of sulfonamides is 1. The van der Waals surface area contributed by atoms with Crippen molar-refractivity contribution in [2.24, 2.45) is 0 Å². The summed E-state index contributed by atoms with van der Waals surface area (Å²) in [7, 11) is -3.59. The van der Waals surface area contributed by atoms with Gasteiger partial charge in [0.2, 0.25) is 10.0 Å². The van der Waals surface area contributed by atoms with Crippen LogP contribution in [0.2, 0.25) is 0 Å². The van der Waals surface area contributed by atoms with Crippen LogP contribution >= 0.6 is 0 Å². The van der Waals surface area contributed by atoms with Gasteiger partial charge in [-0.2, -0.15) is 4.31 Å². The first kappa shape index (κ1) is 13.5. The topological polar surface area (TPSA) is 76.3 Å². The van der Waals surface area contributed by atoms with E-state index < -0.39 is 10.0 Å². The van der Waals surface area contributed by atoms with Crippen LogP contribution in [-0.4, -0.2) is 35.1 Å². The molecule has 0 saturated carbocycles. The van der Waals surface area contributed by atoms with Crippen molar-refractivity contribution in [3.8, 4) is 0 Å². The molecule has 0 N–H and O–H groups in total. The van der Waals surface area contributed by atoms with E-state index in [2.05, 4.69) is 14.9 Å². The lowest BCUT2D eigenvalue weighted by Crippen LogP contribution is -2.47. The van der Waals surface area contributed by atoms with Crippen LogP contribution in [0, 0.1) is 0 Å². The fourth-order valence-corrected chi connectivity index (χ4v) is 5.00. The second-order valence-corrected chi connectivity index (χ2v) is 7.16. The maximum atomic E-state index is 12.9. The third kappa shape index (κ3) is 2.01.